The van der Waals surface area contributed by atoms with Crippen LogP contribution in [0.25, 0.3) is 5.65 Å². The lowest BCUT2D eigenvalue weighted by Crippen LogP contribution is -2.32. The van der Waals surface area contributed by atoms with Crippen LogP contribution < -0.4 is 10.1 Å². The highest BCUT2D eigenvalue weighted by molar-refractivity contribution is 5.77. The van der Waals surface area contributed by atoms with Crippen LogP contribution in [0.5, 0.6) is 5.75 Å². The van der Waals surface area contributed by atoms with E-state index in [2.05, 4.69) is 15.5 Å². The summed E-state index contributed by atoms with van der Waals surface area (Å²) in [6, 6.07) is 9.32. The predicted molar refractivity (Wildman–Crippen MR) is 86.5 cm³/mol. The number of halogens is 3. The van der Waals surface area contributed by atoms with E-state index in [1.807, 2.05) is 12.1 Å². The highest BCUT2D eigenvalue weighted by Crippen LogP contribution is 2.31. The molecule has 0 spiro atoms. The van der Waals surface area contributed by atoms with Crippen molar-refractivity contribution in [1.29, 1.82) is 0 Å². The van der Waals surface area contributed by atoms with Crippen molar-refractivity contribution < 1.29 is 22.7 Å². The van der Waals surface area contributed by atoms with Crippen LogP contribution in [0.4, 0.5) is 13.2 Å². The molecule has 1 aromatic carbocycles. The molecule has 0 aliphatic carbocycles. The summed E-state index contributed by atoms with van der Waals surface area (Å²) >= 11 is 0. The molecule has 0 aliphatic rings. The lowest BCUT2D eigenvalue weighted by atomic mass is 10.2. The number of nitrogens with one attached hydrogen (secondary N) is 1. The van der Waals surface area contributed by atoms with Gasteiger partial charge in [0.25, 0.3) is 5.91 Å². The Balaban J connectivity index is 1.61. The van der Waals surface area contributed by atoms with Gasteiger partial charge in [-0.05, 0) is 37.3 Å². The Labute approximate surface area is 146 Å². The second kappa shape index (κ2) is 7.03. The van der Waals surface area contributed by atoms with Crippen LogP contribution in [0.15, 0.2) is 48.7 Å². The highest BCUT2D eigenvalue weighted by Gasteiger charge is 2.30. The van der Waals surface area contributed by atoms with Crippen molar-refractivity contribution in [2.24, 2.45) is 0 Å². The van der Waals surface area contributed by atoms with Crippen molar-refractivity contribution in [3.05, 3.63) is 60.0 Å². The largest absolute Gasteiger partial charge is 0.484 e. The quantitative estimate of drug-likeness (QED) is 0.756. The van der Waals surface area contributed by atoms with Crippen LogP contribution >= 0.6 is 0 Å². The van der Waals surface area contributed by atoms with Crippen LogP contribution in [0.3, 0.4) is 0 Å². The number of carbonyl (C=O) groups is 1. The Bertz CT molecular complexity index is 924. The first-order valence-corrected chi connectivity index (χ1v) is 7.73. The number of benzene rings is 1. The highest BCUT2D eigenvalue weighted by atomic mass is 19.4. The summed E-state index contributed by atoms with van der Waals surface area (Å²) < 4.78 is 44.9. The fourth-order valence-electron chi connectivity index (χ4n) is 2.41. The van der Waals surface area contributed by atoms with Gasteiger partial charge in [0.1, 0.15) is 5.75 Å². The number of pyridine rings is 1. The topological polar surface area (TPSA) is 68.5 Å². The summed E-state index contributed by atoms with van der Waals surface area (Å²) in [5.41, 5.74) is -0.192. The number of nitrogens with zero attached hydrogens (tertiary/aromatic N) is 3. The van der Waals surface area contributed by atoms with Crippen LogP contribution in [-0.2, 0) is 11.0 Å². The number of hydrogen-bond donors (Lipinski definition) is 1. The second-order valence-electron chi connectivity index (χ2n) is 5.59. The van der Waals surface area contributed by atoms with Gasteiger partial charge >= 0.3 is 6.18 Å². The zero-order valence-corrected chi connectivity index (χ0v) is 13.7. The molecule has 1 N–H and O–H groups in total. The maximum atomic E-state index is 12.7. The number of ether oxygens (including phenoxy) is 1. The molecule has 0 saturated heterocycles. The Kier molecular flexibility index (Phi) is 4.79. The average molecular weight is 364 g/mol. The third-order valence-corrected chi connectivity index (χ3v) is 3.64. The summed E-state index contributed by atoms with van der Waals surface area (Å²) in [7, 11) is 0. The molecule has 0 saturated carbocycles. The average Bonchev–Trinajstić information content (AvgIpc) is 3.04. The Morgan fingerprint density at radius 1 is 1.23 bits per heavy atom. The Morgan fingerprint density at radius 2 is 2.04 bits per heavy atom. The molecule has 1 unspecified atom stereocenters. The van der Waals surface area contributed by atoms with Gasteiger partial charge in [0.05, 0.1) is 11.6 Å². The lowest BCUT2D eigenvalue weighted by Gasteiger charge is -2.13. The molecular formula is C17H15F3N4O2. The molecule has 1 atom stereocenters. The minimum Gasteiger partial charge on any atom is -0.484 e. The van der Waals surface area contributed by atoms with Gasteiger partial charge in [0, 0.05) is 6.20 Å². The van der Waals surface area contributed by atoms with Gasteiger partial charge in [-0.2, -0.15) is 13.2 Å². The summed E-state index contributed by atoms with van der Waals surface area (Å²) in [5, 5.41) is 10.7. The van der Waals surface area contributed by atoms with Gasteiger partial charge in [0.2, 0.25) is 0 Å². The molecule has 6 nitrogen and oxygen atoms in total. The minimum absolute atomic E-state index is 0.0319. The van der Waals surface area contributed by atoms with Gasteiger partial charge in [-0.15, -0.1) is 10.2 Å². The van der Waals surface area contributed by atoms with Crippen LogP contribution in [-0.4, -0.2) is 27.1 Å². The van der Waals surface area contributed by atoms with E-state index in [4.69, 9.17) is 4.74 Å². The summed E-state index contributed by atoms with van der Waals surface area (Å²) in [6.07, 6.45) is -2.70. The molecule has 2 heterocycles. The van der Waals surface area contributed by atoms with Crippen molar-refractivity contribution in [2.45, 2.75) is 19.1 Å². The van der Waals surface area contributed by atoms with Crippen molar-refractivity contribution >= 4 is 11.6 Å². The normalized spacial score (nSPS) is 12.8. The summed E-state index contributed by atoms with van der Waals surface area (Å²) in [5.74, 6) is 0.0196. The number of amides is 1. The molecular weight excluding hydrogens is 349 g/mol. The molecule has 3 rings (SSSR count). The molecule has 1 amide bonds. The van der Waals surface area contributed by atoms with Crippen LogP contribution in [0.1, 0.15) is 24.4 Å². The van der Waals surface area contributed by atoms with E-state index in [1.54, 1.807) is 23.6 Å². The number of fused-ring (bicyclic) bond motifs is 1. The first kappa shape index (κ1) is 17.7. The molecule has 136 valence electrons. The minimum atomic E-state index is -4.47. The smallest absolute Gasteiger partial charge is 0.416 e. The molecule has 0 fully saturated rings. The van der Waals surface area contributed by atoms with E-state index in [9.17, 15) is 18.0 Å². The van der Waals surface area contributed by atoms with E-state index in [-0.39, 0.29) is 5.75 Å². The van der Waals surface area contributed by atoms with Crippen molar-refractivity contribution in [3.63, 3.8) is 0 Å². The van der Waals surface area contributed by atoms with E-state index >= 15 is 0 Å². The van der Waals surface area contributed by atoms with Gasteiger partial charge in [-0.1, -0.05) is 12.1 Å². The molecule has 26 heavy (non-hydrogen) atoms. The second-order valence-corrected chi connectivity index (χ2v) is 5.59. The SMILES string of the molecule is CC(NC(=O)COc1cccc(C(F)(F)F)c1)c1nnc2ccccn12. The van der Waals surface area contributed by atoms with Crippen molar-refractivity contribution in [3.8, 4) is 5.75 Å². The number of rotatable bonds is 5. The Hall–Kier alpha value is -3.10. The molecule has 9 heteroatoms. The van der Waals surface area contributed by atoms with Gasteiger partial charge < -0.3 is 10.1 Å². The third kappa shape index (κ3) is 3.93. The number of hydrogen-bond acceptors (Lipinski definition) is 4. The van der Waals surface area contributed by atoms with Gasteiger partial charge in [0.15, 0.2) is 18.1 Å². The fourth-order valence-corrected chi connectivity index (χ4v) is 2.41. The molecule has 0 radical (unpaired) electrons. The maximum Gasteiger partial charge on any atom is 0.416 e. The summed E-state index contributed by atoms with van der Waals surface area (Å²) in [4.78, 5) is 12.0. The van der Waals surface area contributed by atoms with E-state index in [1.165, 1.54) is 12.1 Å². The monoisotopic (exact) mass is 364 g/mol. The molecule has 2 aromatic heterocycles. The van der Waals surface area contributed by atoms with E-state index < -0.39 is 30.3 Å². The number of alkyl halides is 3. The first-order chi connectivity index (χ1) is 12.3. The first-order valence-electron chi connectivity index (χ1n) is 7.73. The van der Waals surface area contributed by atoms with Crippen molar-refractivity contribution in [1.82, 2.24) is 19.9 Å². The molecule has 3 aromatic rings. The van der Waals surface area contributed by atoms with E-state index in [0.717, 1.165) is 12.1 Å². The zero-order valence-electron chi connectivity index (χ0n) is 13.7. The maximum absolute atomic E-state index is 12.7. The van der Waals surface area contributed by atoms with Crippen molar-refractivity contribution in [2.75, 3.05) is 6.61 Å². The van der Waals surface area contributed by atoms with Crippen LogP contribution in [0.2, 0.25) is 0 Å². The Morgan fingerprint density at radius 3 is 2.81 bits per heavy atom. The molecule has 0 bridgehead atoms. The van der Waals surface area contributed by atoms with Crippen LogP contribution in [0, 0.1) is 0 Å². The summed E-state index contributed by atoms with van der Waals surface area (Å²) in [6.45, 7) is 1.31. The van der Waals surface area contributed by atoms with Gasteiger partial charge in [-0.25, -0.2) is 0 Å². The predicted octanol–water partition coefficient (Wildman–Crippen LogP) is 3.00. The van der Waals surface area contributed by atoms with E-state index in [0.29, 0.717) is 11.5 Å². The number of aromatic nitrogens is 3. The zero-order chi connectivity index (χ0) is 18.7. The lowest BCUT2D eigenvalue weighted by molar-refractivity contribution is -0.137. The number of carbonyl (C=O) groups excluding carboxylic acids is 1. The third-order valence-electron chi connectivity index (χ3n) is 3.64. The molecule has 0 aliphatic heterocycles. The standard InChI is InChI=1S/C17H15F3N4O2/c1-11(16-23-22-14-7-2-3-8-24(14)16)21-15(25)10-26-13-6-4-5-12(9-13)17(18,19)20/h2-9,11H,10H2,1H3,(H,21,25). The van der Waals surface area contributed by atoms with Gasteiger partial charge in [-0.3, -0.25) is 9.20 Å². The fraction of sp³-hybridized carbons (Fsp3) is 0.235.